The minimum Gasteiger partial charge on any atom is -0.480 e. The topological polar surface area (TPSA) is 75.4 Å². The molecule has 3 N–H and O–H groups in total. The molecule has 0 bridgehead atoms. The summed E-state index contributed by atoms with van der Waals surface area (Å²) in [6.45, 7) is 2.35. The summed E-state index contributed by atoms with van der Waals surface area (Å²) in [6.07, 6.45) is -1.08. The van der Waals surface area contributed by atoms with E-state index >= 15 is 0 Å². The number of anilines is 1. The van der Waals surface area contributed by atoms with Crippen LogP contribution in [0.3, 0.4) is 0 Å². The van der Waals surface area contributed by atoms with Crippen LogP contribution in [0.25, 0.3) is 10.9 Å². The number of benzene rings is 5. The highest BCUT2D eigenvalue weighted by Crippen LogP contribution is 2.45. The SMILES string of the molecule is Cc1cc2cc(NC(=O)c3ccccc3CNC3=C(Cl)C(Oc4ccccc4)c4ccccc4C3Oc3ccccc3)ccc2[nH]1. The zero-order valence-electron chi connectivity index (χ0n) is 25.2. The summed E-state index contributed by atoms with van der Waals surface area (Å²) in [5, 5.41) is 8.16. The maximum absolute atomic E-state index is 13.6. The van der Waals surface area contributed by atoms with Crippen molar-refractivity contribution in [3.63, 3.8) is 0 Å². The van der Waals surface area contributed by atoms with Crippen molar-refractivity contribution >= 4 is 34.1 Å². The van der Waals surface area contributed by atoms with Crippen molar-refractivity contribution in [3.05, 3.63) is 172 Å². The zero-order chi connectivity index (χ0) is 31.5. The number of aryl methyl sites for hydroxylation is 1. The van der Waals surface area contributed by atoms with E-state index in [4.69, 9.17) is 21.1 Å². The molecule has 6 nitrogen and oxygen atoms in total. The van der Waals surface area contributed by atoms with E-state index in [1.165, 1.54) is 0 Å². The summed E-state index contributed by atoms with van der Waals surface area (Å²) < 4.78 is 13.1. The molecule has 7 heteroatoms. The first kappa shape index (κ1) is 29.3. The molecule has 46 heavy (non-hydrogen) atoms. The Hall–Kier alpha value is -5.46. The molecule has 0 saturated carbocycles. The van der Waals surface area contributed by atoms with Crippen molar-refractivity contribution in [3.8, 4) is 11.5 Å². The van der Waals surface area contributed by atoms with Gasteiger partial charge in [0.15, 0.2) is 12.2 Å². The van der Waals surface area contributed by atoms with Crippen LogP contribution in [0.15, 0.2) is 144 Å². The number of aromatic amines is 1. The number of fused-ring (bicyclic) bond motifs is 2. The number of amides is 1. The predicted molar refractivity (Wildman–Crippen MR) is 183 cm³/mol. The largest absolute Gasteiger partial charge is 0.480 e. The lowest BCUT2D eigenvalue weighted by Gasteiger charge is -2.34. The fraction of sp³-hybridized carbons (Fsp3) is 0.103. The molecule has 1 aromatic heterocycles. The number of rotatable bonds is 9. The minimum atomic E-state index is -0.552. The average molecular weight is 626 g/mol. The molecule has 228 valence electrons. The Morgan fingerprint density at radius 2 is 1.35 bits per heavy atom. The van der Waals surface area contributed by atoms with Gasteiger partial charge in [0, 0.05) is 45.5 Å². The first-order valence-electron chi connectivity index (χ1n) is 15.2. The number of halogens is 1. The standard InChI is InChI=1S/C39H32ClN3O3/c1-25-22-27-23-28(20-21-34(27)42-25)43-39(44)31-17-9-8-12-26(31)24-41-36-35(40)37(45-29-13-4-2-5-14-29)32-18-10-11-19-33(32)38(36)46-30-15-6-3-7-16-30/h2-23,37-38,41-42H,24H2,1H3,(H,43,44). The van der Waals surface area contributed by atoms with E-state index in [0.29, 0.717) is 34.3 Å². The van der Waals surface area contributed by atoms with Crippen LogP contribution in [0, 0.1) is 6.92 Å². The van der Waals surface area contributed by atoms with Crippen molar-refractivity contribution in [1.29, 1.82) is 0 Å². The highest BCUT2D eigenvalue weighted by Gasteiger charge is 2.37. The van der Waals surface area contributed by atoms with Gasteiger partial charge in [-0.2, -0.15) is 0 Å². The number of nitrogens with one attached hydrogen (secondary N) is 3. The molecule has 0 saturated heterocycles. The Labute approximate surface area is 272 Å². The minimum absolute atomic E-state index is 0.194. The summed E-state index contributed by atoms with van der Waals surface area (Å²) in [4.78, 5) is 16.9. The average Bonchev–Trinajstić information content (AvgIpc) is 3.46. The highest BCUT2D eigenvalue weighted by molar-refractivity contribution is 6.30. The number of H-pyrrole nitrogens is 1. The van der Waals surface area contributed by atoms with Gasteiger partial charge in [-0.3, -0.25) is 4.79 Å². The zero-order valence-corrected chi connectivity index (χ0v) is 25.9. The quantitative estimate of drug-likeness (QED) is 0.150. The predicted octanol–water partition coefficient (Wildman–Crippen LogP) is 9.22. The molecule has 1 aliphatic rings. The molecule has 0 radical (unpaired) electrons. The Morgan fingerprint density at radius 1 is 0.739 bits per heavy atom. The second kappa shape index (κ2) is 12.9. The molecule has 1 amide bonds. The van der Waals surface area contributed by atoms with Gasteiger partial charge in [-0.1, -0.05) is 90.5 Å². The van der Waals surface area contributed by atoms with Gasteiger partial charge in [-0.25, -0.2) is 0 Å². The Balaban J connectivity index is 1.20. The molecule has 6 aromatic rings. The van der Waals surface area contributed by atoms with E-state index in [-0.39, 0.29) is 5.91 Å². The lowest BCUT2D eigenvalue weighted by molar-refractivity contribution is 0.102. The van der Waals surface area contributed by atoms with Crippen molar-refractivity contribution < 1.29 is 14.3 Å². The fourth-order valence-corrected chi connectivity index (χ4v) is 6.20. The van der Waals surface area contributed by atoms with Crippen LogP contribution in [0.2, 0.25) is 0 Å². The molecule has 1 heterocycles. The van der Waals surface area contributed by atoms with E-state index < -0.39 is 12.2 Å². The van der Waals surface area contributed by atoms with E-state index in [9.17, 15) is 4.79 Å². The third kappa shape index (κ3) is 6.08. The van der Waals surface area contributed by atoms with Crippen molar-refractivity contribution in [1.82, 2.24) is 10.3 Å². The number of ether oxygens (including phenoxy) is 2. The van der Waals surface area contributed by atoms with Crippen LogP contribution in [0.5, 0.6) is 11.5 Å². The smallest absolute Gasteiger partial charge is 0.256 e. The van der Waals surface area contributed by atoms with Gasteiger partial charge >= 0.3 is 0 Å². The first-order chi connectivity index (χ1) is 22.5. The number of aromatic nitrogens is 1. The first-order valence-corrected chi connectivity index (χ1v) is 15.6. The van der Waals surface area contributed by atoms with Crippen LogP contribution in [0.1, 0.15) is 45.0 Å². The van der Waals surface area contributed by atoms with E-state index in [1.807, 2.05) is 134 Å². The summed E-state index contributed by atoms with van der Waals surface area (Å²) in [7, 11) is 0. The third-order valence-electron chi connectivity index (χ3n) is 8.05. The van der Waals surface area contributed by atoms with Gasteiger partial charge in [0.05, 0.1) is 10.7 Å². The Kier molecular flexibility index (Phi) is 8.19. The second-order valence-corrected chi connectivity index (χ2v) is 11.6. The number of carbonyl (C=O) groups excluding carboxylic acids is 1. The highest BCUT2D eigenvalue weighted by atomic mass is 35.5. The molecule has 0 fully saturated rings. The summed E-state index contributed by atoms with van der Waals surface area (Å²) >= 11 is 7.24. The van der Waals surface area contributed by atoms with Gasteiger partial charge in [0.25, 0.3) is 5.91 Å². The van der Waals surface area contributed by atoms with Crippen LogP contribution >= 0.6 is 11.6 Å². The Bertz CT molecular complexity index is 2040. The maximum atomic E-state index is 13.6. The molecule has 0 aliphatic heterocycles. The van der Waals surface area contributed by atoms with Gasteiger partial charge in [0.2, 0.25) is 0 Å². The van der Waals surface area contributed by atoms with Crippen LogP contribution in [0.4, 0.5) is 5.69 Å². The molecule has 0 spiro atoms. The molecule has 1 aliphatic carbocycles. The lowest BCUT2D eigenvalue weighted by Crippen LogP contribution is -2.31. The number of carbonyl (C=O) groups is 1. The fourth-order valence-electron chi connectivity index (χ4n) is 5.87. The van der Waals surface area contributed by atoms with Gasteiger partial charge < -0.3 is 25.1 Å². The van der Waals surface area contributed by atoms with Crippen LogP contribution in [-0.4, -0.2) is 10.9 Å². The number of hydrogen-bond donors (Lipinski definition) is 3. The maximum Gasteiger partial charge on any atom is 0.256 e. The van der Waals surface area contributed by atoms with E-state index in [0.717, 1.165) is 39.0 Å². The summed E-state index contributed by atoms with van der Waals surface area (Å²) in [5.41, 5.74) is 6.75. The summed E-state index contributed by atoms with van der Waals surface area (Å²) in [6, 6.07) is 42.8. The monoisotopic (exact) mass is 625 g/mol. The van der Waals surface area contributed by atoms with E-state index in [2.05, 4.69) is 21.7 Å². The van der Waals surface area contributed by atoms with Crippen LogP contribution < -0.4 is 20.1 Å². The van der Waals surface area contributed by atoms with Gasteiger partial charge in [-0.05, 0) is 67.1 Å². The van der Waals surface area contributed by atoms with Crippen molar-refractivity contribution in [2.24, 2.45) is 0 Å². The van der Waals surface area contributed by atoms with E-state index in [1.54, 1.807) is 0 Å². The molecule has 5 aromatic carbocycles. The van der Waals surface area contributed by atoms with Crippen molar-refractivity contribution in [2.75, 3.05) is 5.32 Å². The third-order valence-corrected chi connectivity index (χ3v) is 8.45. The molecule has 2 atom stereocenters. The lowest BCUT2D eigenvalue weighted by atomic mass is 9.89. The van der Waals surface area contributed by atoms with Crippen molar-refractivity contribution in [2.45, 2.75) is 25.7 Å². The van der Waals surface area contributed by atoms with Crippen LogP contribution in [-0.2, 0) is 6.54 Å². The number of hydrogen-bond acceptors (Lipinski definition) is 4. The number of para-hydroxylation sites is 2. The molecule has 7 rings (SSSR count). The molecular weight excluding hydrogens is 594 g/mol. The molecular formula is C39H32ClN3O3. The van der Waals surface area contributed by atoms with Gasteiger partial charge in [0.1, 0.15) is 11.5 Å². The van der Waals surface area contributed by atoms with Gasteiger partial charge in [-0.15, -0.1) is 0 Å². The Morgan fingerprint density at radius 3 is 2.07 bits per heavy atom. The summed E-state index contributed by atoms with van der Waals surface area (Å²) in [5.74, 6) is 1.22. The normalized spacial score (nSPS) is 15.7. The molecule has 2 unspecified atom stereocenters. The second-order valence-electron chi connectivity index (χ2n) is 11.2.